The minimum atomic E-state index is -4.48. The predicted octanol–water partition coefficient (Wildman–Crippen LogP) is 4.58. The highest BCUT2D eigenvalue weighted by molar-refractivity contribution is 7.97. The standard InChI is InChI=1S/C22H24F3N5O2S/c1-13-9-14(2)12-30(11-13)33-18-8-5-16(10-28-18)20(31)29-21(27)32-19(26)15-3-6-17(7-4-15)22(23,24)25/h3-8,10,13-14,26H,9,11-12H2,1-2H3,(H2,27,29,31)/t13-,14+. The van der Waals surface area contributed by atoms with Crippen LogP contribution in [0.1, 0.15) is 41.8 Å². The van der Waals surface area contributed by atoms with E-state index in [0.29, 0.717) is 11.8 Å². The first-order valence-electron chi connectivity index (χ1n) is 10.2. The van der Waals surface area contributed by atoms with Crippen LogP contribution >= 0.6 is 11.9 Å². The van der Waals surface area contributed by atoms with Gasteiger partial charge < -0.3 is 10.5 Å². The lowest BCUT2D eigenvalue weighted by molar-refractivity contribution is -0.137. The molecule has 3 rings (SSSR count). The highest BCUT2D eigenvalue weighted by Gasteiger charge is 2.30. The number of piperidine rings is 1. The summed E-state index contributed by atoms with van der Waals surface area (Å²) in [6.45, 7) is 6.39. The summed E-state index contributed by atoms with van der Waals surface area (Å²) in [5, 5.41) is 8.57. The maximum Gasteiger partial charge on any atom is 0.416 e. The monoisotopic (exact) mass is 479 g/mol. The number of hydrogen-bond donors (Lipinski definition) is 2. The van der Waals surface area contributed by atoms with Gasteiger partial charge in [0.05, 0.1) is 11.1 Å². The van der Waals surface area contributed by atoms with Crippen LogP contribution < -0.4 is 5.73 Å². The Morgan fingerprint density at radius 2 is 1.76 bits per heavy atom. The van der Waals surface area contributed by atoms with E-state index in [2.05, 4.69) is 28.1 Å². The molecule has 0 saturated carbocycles. The molecule has 176 valence electrons. The Hall–Kier alpha value is -2.92. The average Bonchev–Trinajstić information content (AvgIpc) is 2.73. The van der Waals surface area contributed by atoms with E-state index >= 15 is 0 Å². The summed E-state index contributed by atoms with van der Waals surface area (Å²) in [5.74, 6) is -0.0222. The number of aromatic nitrogens is 1. The molecule has 1 aromatic carbocycles. The first-order valence-corrected chi connectivity index (χ1v) is 11.0. The number of nitrogens with two attached hydrogens (primary N) is 1. The van der Waals surface area contributed by atoms with E-state index in [0.717, 1.165) is 42.4 Å². The molecule has 2 heterocycles. The topological polar surface area (TPSA) is 105 Å². The van der Waals surface area contributed by atoms with Crippen molar-refractivity contribution in [3.8, 4) is 0 Å². The molecule has 1 amide bonds. The van der Waals surface area contributed by atoms with Crippen molar-refractivity contribution < 1.29 is 22.7 Å². The fourth-order valence-electron chi connectivity index (χ4n) is 3.53. The van der Waals surface area contributed by atoms with Gasteiger partial charge in [0.15, 0.2) is 0 Å². The summed E-state index contributed by atoms with van der Waals surface area (Å²) < 4.78 is 45.2. The van der Waals surface area contributed by atoms with Crippen LogP contribution in [0.3, 0.4) is 0 Å². The van der Waals surface area contributed by atoms with E-state index in [1.54, 1.807) is 24.1 Å². The zero-order valence-electron chi connectivity index (χ0n) is 18.1. The molecule has 2 atom stereocenters. The van der Waals surface area contributed by atoms with Gasteiger partial charge in [-0.2, -0.15) is 18.2 Å². The lowest BCUT2D eigenvalue weighted by Gasteiger charge is -2.33. The van der Waals surface area contributed by atoms with Gasteiger partial charge in [-0.05, 0) is 66.6 Å². The van der Waals surface area contributed by atoms with Crippen LogP contribution in [0.25, 0.3) is 0 Å². The van der Waals surface area contributed by atoms with E-state index < -0.39 is 29.6 Å². The molecule has 1 aromatic heterocycles. The Bertz CT molecular complexity index is 1020. The molecule has 33 heavy (non-hydrogen) atoms. The summed E-state index contributed by atoms with van der Waals surface area (Å²) in [7, 11) is 0. The van der Waals surface area contributed by atoms with Gasteiger partial charge in [0.25, 0.3) is 11.9 Å². The van der Waals surface area contributed by atoms with E-state index in [-0.39, 0.29) is 11.1 Å². The zero-order valence-corrected chi connectivity index (χ0v) is 18.9. The molecule has 0 radical (unpaired) electrons. The van der Waals surface area contributed by atoms with Crippen LogP contribution in [0.2, 0.25) is 0 Å². The third kappa shape index (κ3) is 7.03. The molecule has 1 fully saturated rings. The smallest absolute Gasteiger partial charge is 0.407 e. The second kappa shape index (κ2) is 10.3. The maximum absolute atomic E-state index is 12.6. The molecule has 3 N–H and O–H groups in total. The average molecular weight is 480 g/mol. The number of benzene rings is 1. The largest absolute Gasteiger partial charge is 0.416 e. The number of aliphatic imine (C=N–C) groups is 1. The highest BCUT2D eigenvalue weighted by atomic mass is 32.2. The van der Waals surface area contributed by atoms with E-state index in [4.69, 9.17) is 15.9 Å². The Morgan fingerprint density at radius 1 is 1.15 bits per heavy atom. The van der Waals surface area contributed by atoms with Gasteiger partial charge in [0.1, 0.15) is 5.03 Å². The lowest BCUT2D eigenvalue weighted by atomic mass is 9.94. The van der Waals surface area contributed by atoms with Crippen LogP contribution in [0.5, 0.6) is 0 Å². The number of rotatable bonds is 4. The first kappa shape index (κ1) is 24.7. The second-order valence-corrected chi connectivity index (χ2v) is 9.15. The second-order valence-electron chi connectivity index (χ2n) is 8.03. The number of nitrogens with one attached hydrogen (secondary N) is 1. The summed E-state index contributed by atoms with van der Waals surface area (Å²) in [6.07, 6.45) is -1.89. The molecule has 2 aromatic rings. The summed E-state index contributed by atoms with van der Waals surface area (Å²) in [5.41, 5.74) is 4.97. The molecule has 0 aliphatic carbocycles. The van der Waals surface area contributed by atoms with Crippen LogP contribution in [0.4, 0.5) is 13.2 Å². The third-order valence-electron chi connectivity index (χ3n) is 4.93. The van der Waals surface area contributed by atoms with Gasteiger partial charge in [-0.1, -0.05) is 13.8 Å². The minimum Gasteiger partial charge on any atom is -0.407 e. The molecule has 0 bridgehead atoms. The number of pyridine rings is 1. The molecule has 1 aliphatic heterocycles. The molecule has 0 spiro atoms. The lowest BCUT2D eigenvalue weighted by Crippen LogP contribution is -2.33. The molecular formula is C22H24F3N5O2S. The fourth-order valence-corrected chi connectivity index (χ4v) is 4.69. The first-order chi connectivity index (χ1) is 15.5. The van der Waals surface area contributed by atoms with Crippen LogP contribution in [0, 0.1) is 17.2 Å². The predicted molar refractivity (Wildman–Crippen MR) is 120 cm³/mol. The highest BCUT2D eigenvalue weighted by Crippen LogP contribution is 2.30. The number of alkyl halides is 3. The van der Waals surface area contributed by atoms with Crippen molar-refractivity contribution >= 4 is 29.8 Å². The van der Waals surface area contributed by atoms with Crippen molar-refractivity contribution in [2.45, 2.75) is 31.5 Å². The normalized spacial score (nSPS) is 19.8. The van der Waals surface area contributed by atoms with Crippen LogP contribution in [-0.4, -0.2) is 40.2 Å². The van der Waals surface area contributed by atoms with Crippen molar-refractivity contribution in [2.24, 2.45) is 22.6 Å². The molecule has 1 aliphatic rings. The summed E-state index contributed by atoms with van der Waals surface area (Å²) in [6, 6.07) is 6.49. The van der Waals surface area contributed by atoms with Crippen molar-refractivity contribution in [1.82, 2.24) is 9.29 Å². The number of amides is 1. The van der Waals surface area contributed by atoms with Gasteiger partial charge in [-0.3, -0.25) is 10.2 Å². The van der Waals surface area contributed by atoms with E-state index in [1.807, 2.05) is 0 Å². The van der Waals surface area contributed by atoms with E-state index in [9.17, 15) is 18.0 Å². The van der Waals surface area contributed by atoms with Crippen molar-refractivity contribution in [3.05, 3.63) is 59.3 Å². The number of halogens is 3. The molecule has 7 nitrogen and oxygen atoms in total. The van der Waals surface area contributed by atoms with Crippen LogP contribution in [-0.2, 0) is 10.9 Å². The van der Waals surface area contributed by atoms with Crippen molar-refractivity contribution in [3.63, 3.8) is 0 Å². The number of nitrogens with zero attached hydrogens (tertiary/aromatic N) is 3. The van der Waals surface area contributed by atoms with E-state index in [1.165, 1.54) is 12.6 Å². The SMILES string of the molecule is C[C@@H]1C[C@H](C)CN(Sc2ccc(C(=O)N=C(N)OC(=N)c3ccc(C(F)(F)F)cc3)cn2)C1. The molecule has 11 heteroatoms. The Morgan fingerprint density at radius 3 is 2.30 bits per heavy atom. The van der Waals surface area contributed by atoms with Gasteiger partial charge in [-0.25, -0.2) is 9.29 Å². The number of carbonyl (C=O) groups excluding carboxylic acids is 1. The minimum absolute atomic E-state index is 0.0537. The molecule has 0 unspecified atom stereocenters. The third-order valence-corrected chi connectivity index (χ3v) is 5.92. The zero-order chi connectivity index (χ0) is 24.2. The van der Waals surface area contributed by atoms with Crippen molar-refractivity contribution in [1.29, 1.82) is 5.41 Å². The molecule has 1 saturated heterocycles. The van der Waals surface area contributed by atoms with Gasteiger partial charge in [-0.15, -0.1) is 0 Å². The summed E-state index contributed by atoms with van der Waals surface area (Å²) in [4.78, 5) is 20.2. The number of amidine groups is 1. The Labute approximate surface area is 193 Å². The fraction of sp³-hybridized carbons (Fsp3) is 0.364. The molecular weight excluding hydrogens is 455 g/mol. The Balaban J connectivity index is 1.58. The Kier molecular flexibility index (Phi) is 7.75. The van der Waals surface area contributed by atoms with Gasteiger partial charge in [0.2, 0.25) is 5.90 Å². The van der Waals surface area contributed by atoms with Gasteiger partial charge >= 0.3 is 6.18 Å². The maximum atomic E-state index is 12.6. The number of ether oxygens (including phenoxy) is 1. The summed E-state index contributed by atoms with van der Waals surface area (Å²) >= 11 is 1.54. The quantitative estimate of drug-likeness (QED) is 0.378. The number of hydrogen-bond acceptors (Lipinski definition) is 6. The van der Waals surface area contributed by atoms with Gasteiger partial charge in [0, 0.05) is 24.8 Å². The number of carbonyl (C=O) groups is 1. The van der Waals surface area contributed by atoms with Crippen molar-refractivity contribution in [2.75, 3.05) is 13.1 Å². The van der Waals surface area contributed by atoms with Crippen LogP contribution in [0.15, 0.2) is 52.6 Å².